The van der Waals surface area contributed by atoms with E-state index >= 15 is 0 Å². The lowest BCUT2D eigenvalue weighted by Crippen LogP contribution is -2.14. The molecular formula is C12H17N5. The summed E-state index contributed by atoms with van der Waals surface area (Å²) < 4.78 is 1.65. The second kappa shape index (κ2) is 5.43. The molecule has 1 aromatic carbocycles. The first kappa shape index (κ1) is 11.6. The van der Waals surface area contributed by atoms with Crippen molar-refractivity contribution < 1.29 is 0 Å². The van der Waals surface area contributed by atoms with Gasteiger partial charge in [0.1, 0.15) is 6.33 Å². The second-order valence-electron chi connectivity index (χ2n) is 4.14. The minimum atomic E-state index is 0.476. The molecule has 1 heterocycles. The lowest BCUT2D eigenvalue weighted by molar-refractivity contribution is 0.690. The van der Waals surface area contributed by atoms with Gasteiger partial charge in [-0.2, -0.15) is 0 Å². The Morgan fingerprint density at radius 3 is 3.00 bits per heavy atom. The summed E-state index contributed by atoms with van der Waals surface area (Å²) in [5.74, 6) is 0. The lowest BCUT2D eigenvalue weighted by Gasteiger charge is -2.14. The number of benzene rings is 1. The number of hydrogen-bond acceptors (Lipinski definition) is 4. The van der Waals surface area contributed by atoms with Crippen LogP contribution in [0.1, 0.15) is 26.7 Å². The number of anilines is 1. The minimum absolute atomic E-state index is 0.476. The first-order chi connectivity index (χ1) is 8.29. The van der Waals surface area contributed by atoms with Crippen LogP contribution >= 0.6 is 0 Å². The van der Waals surface area contributed by atoms with Crippen LogP contribution in [0.15, 0.2) is 30.6 Å². The van der Waals surface area contributed by atoms with Crippen molar-refractivity contribution in [2.75, 3.05) is 5.32 Å². The van der Waals surface area contributed by atoms with Crippen molar-refractivity contribution in [3.63, 3.8) is 0 Å². The number of hydrogen-bond donors (Lipinski definition) is 1. The van der Waals surface area contributed by atoms with Crippen molar-refractivity contribution in [2.45, 2.75) is 32.7 Å². The van der Waals surface area contributed by atoms with E-state index in [2.05, 4.69) is 40.8 Å². The smallest absolute Gasteiger partial charge is 0.143 e. The second-order valence-corrected chi connectivity index (χ2v) is 4.14. The third-order valence-electron chi connectivity index (χ3n) is 2.59. The van der Waals surface area contributed by atoms with Gasteiger partial charge in [0.2, 0.25) is 0 Å². The summed E-state index contributed by atoms with van der Waals surface area (Å²) in [7, 11) is 0. The SMILES string of the molecule is CCCC(C)Nc1cccc(-n2cnnn2)c1. The van der Waals surface area contributed by atoms with Gasteiger partial charge in [0, 0.05) is 11.7 Å². The Hall–Kier alpha value is -1.91. The topological polar surface area (TPSA) is 55.6 Å². The van der Waals surface area contributed by atoms with Crippen LogP contribution in [0, 0.1) is 0 Å². The Morgan fingerprint density at radius 2 is 2.29 bits per heavy atom. The molecule has 0 aliphatic rings. The van der Waals surface area contributed by atoms with Crippen LogP contribution in [-0.2, 0) is 0 Å². The molecule has 0 radical (unpaired) electrons. The summed E-state index contributed by atoms with van der Waals surface area (Å²) >= 11 is 0. The van der Waals surface area contributed by atoms with Crippen molar-refractivity contribution in [3.8, 4) is 5.69 Å². The normalized spacial score (nSPS) is 12.4. The van der Waals surface area contributed by atoms with Gasteiger partial charge >= 0.3 is 0 Å². The van der Waals surface area contributed by atoms with E-state index in [1.54, 1.807) is 11.0 Å². The molecule has 5 nitrogen and oxygen atoms in total. The number of rotatable bonds is 5. The minimum Gasteiger partial charge on any atom is -0.383 e. The number of nitrogens with one attached hydrogen (secondary N) is 1. The zero-order valence-electron chi connectivity index (χ0n) is 10.2. The van der Waals surface area contributed by atoms with E-state index in [4.69, 9.17) is 0 Å². The highest BCUT2D eigenvalue weighted by Gasteiger charge is 2.02. The zero-order valence-corrected chi connectivity index (χ0v) is 10.2. The maximum absolute atomic E-state index is 3.87. The van der Waals surface area contributed by atoms with E-state index in [9.17, 15) is 0 Å². The van der Waals surface area contributed by atoms with Crippen molar-refractivity contribution in [3.05, 3.63) is 30.6 Å². The lowest BCUT2D eigenvalue weighted by atomic mass is 10.2. The zero-order chi connectivity index (χ0) is 12.1. The standard InChI is InChI=1S/C12H17N5/c1-3-5-10(2)14-11-6-4-7-12(8-11)17-9-13-15-16-17/h4,6-10,14H,3,5H2,1-2H3. The Morgan fingerprint density at radius 1 is 1.41 bits per heavy atom. The molecule has 0 spiro atoms. The highest BCUT2D eigenvalue weighted by Crippen LogP contribution is 2.15. The molecule has 0 bridgehead atoms. The molecule has 1 unspecified atom stereocenters. The van der Waals surface area contributed by atoms with Crippen molar-refractivity contribution in [1.82, 2.24) is 20.2 Å². The van der Waals surface area contributed by atoms with E-state index < -0.39 is 0 Å². The van der Waals surface area contributed by atoms with Gasteiger partial charge in [-0.25, -0.2) is 4.68 Å². The average Bonchev–Trinajstić information content (AvgIpc) is 2.83. The summed E-state index contributed by atoms with van der Waals surface area (Å²) in [6.07, 6.45) is 3.94. The van der Waals surface area contributed by atoms with E-state index in [0.717, 1.165) is 17.8 Å². The predicted octanol–water partition coefficient (Wildman–Crippen LogP) is 2.26. The molecule has 1 N–H and O–H groups in total. The molecule has 1 atom stereocenters. The van der Waals surface area contributed by atoms with Crippen LogP contribution in [0.3, 0.4) is 0 Å². The van der Waals surface area contributed by atoms with Crippen LogP contribution in [0.2, 0.25) is 0 Å². The molecule has 0 saturated heterocycles. The van der Waals surface area contributed by atoms with Crippen molar-refractivity contribution in [2.24, 2.45) is 0 Å². The quantitative estimate of drug-likeness (QED) is 0.857. The number of nitrogens with zero attached hydrogens (tertiary/aromatic N) is 4. The van der Waals surface area contributed by atoms with E-state index in [1.807, 2.05) is 18.2 Å². The monoisotopic (exact) mass is 231 g/mol. The molecule has 0 aliphatic heterocycles. The molecule has 90 valence electrons. The first-order valence-electron chi connectivity index (χ1n) is 5.89. The molecule has 2 rings (SSSR count). The maximum atomic E-state index is 3.87. The largest absolute Gasteiger partial charge is 0.383 e. The molecule has 0 fully saturated rings. The average molecular weight is 231 g/mol. The molecule has 5 heteroatoms. The fraction of sp³-hybridized carbons (Fsp3) is 0.417. The summed E-state index contributed by atoms with van der Waals surface area (Å²) in [6, 6.07) is 8.55. The van der Waals surface area contributed by atoms with E-state index in [0.29, 0.717) is 6.04 Å². The van der Waals surface area contributed by atoms with Gasteiger partial charge in [-0.1, -0.05) is 19.4 Å². The Bertz CT molecular complexity index is 452. The van der Waals surface area contributed by atoms with Gasteiger partial charge in [-0.05, 0) is 42.0 Å². The molecule has 0 aliphatic carbocycles. The van der Waals surface area contributed by atoms with E-state index in [-0.39, 0.29) is 0 Å². The van der Waals surface area contributed by atoms with Crippen molar-refractivity contribution >= 4 is 5.69 Å². The van der Waals surface area contributed by atoms with Crippen LogP contribution < -0.4 is 5.32 Å². The Labute approximate surface area is 101 Å². The van der Waals surface area contributed by atoms with Crippen LogP contribution in [-0.4, -0.2) is 26.2 Å². The molecule has 2 aromatic rings. The van der Waals surface area contributed by atoms with E-state index in [1.165, 1.54) is 6.42 Å². The summed E-state index contributed by atoms with van der Waals surface area (Å²) in [6.45, 7) is 4.38. The summed E-state index contributed by atoms with van der Waals surface area (Å²) in [5, 5.41) is 14.6. The maximum Gasteiger partial charge on any atom is 0.143 e. The number of tetrazole rings is 1. The Kier molecular flexibility index (Phi) is 3.69. The van der Waals surface area contributed by atoms with Gasteiger partial charge in [-0.15, -0.1) is 5.10 Å². The van der Waals surface area contributed by atoms with Crippen LogP contribution in [0.25, 0.3) is 5.69 Å². The van der Waals surface area contributed by atoms with Gasteiger partial charge in [-0.3, -0.25) is 0 Å². The Balaban J connectivity index is 2.12. The third-order valence-corrected chi connectivity index (χ3v) is 2.59. The van der Waals surface area contributed by atoms with Gasteiger partial charge in [0.25, 0.3) is 0 Å². The molecule has 17 heavy (non-hydrogen) atoms. The molecular weight excluding hydrogens is 214 g/mol. The number of aromatic nitrogens is 4. The van der Waals surface area contributed by atoms with Crippen LogP contribution in [0.5, 0.6) is 0 Å². The molecule has 0 saturated carbocycles. The van der Waals surface area contributed by atoms with Gasteiger partial charge in [0.15, 0.2) is 0 Å². The molecule has 1 aromatic heterocycles. The van der Waals surface area contributed by atoms with Gasteiger partial charge < -0.3 is 5.32 Å². The summed E-state index contributed by atoms with van der Waals surface area (Å²) in [5.41, 5.74) is 2.06. The highest BCUT2D eigenvalue weighted by atomic mass is 15.5. The third kappa shape index (κ3) is 3.03. The van der Waals surface area contributed by atoms with Crippen molar-refractivity contribution in [1.29, 1.82) is 0 Å². The fourth-order valence-electron chi connectivity index (χ4n) is 1.81. The summed E-state index contributed by atoms with van der Waals surface area (Å²) in [4.78, 5) is 0. The van der Waals surface area contributed by atoms with Gasteiger partial charge in [0.05, 0.1) is 5.69 Å². The molecule has 0 amide bonds. The van der Waals surface area contributed by atoms with Crippen LogP contribution in [0.4, 0.5) is 5.69 Å². The predicted molar refractivity (Wildman–Crippen MR) is 67.1 cm³/mol. The highest BCUT2D eigenvalue weighted by molar-refractivity contribution is 5.51. The fourth-order valence-corrected chi connectivity index (χ4v) is 1.81. The first-order valence-corrected chi connectivity index (χ1v) is 5.89.